The maximum atomic E-state index is 5.95. The molecule has 1 aromatic heterocycles. The Morgan fingerprint density at radius 2 is 1.65 bits per heavy atom. The van der Waals surface area contributed by atoms with Crippen LogP contribution in [-0.2, 0) is 0 Å². The number of fused-ring (bicyclic) bond motifs is 1. The molecule has 0 aliphatic carbocycles. The molecule has 0 saturated carbocycles. The maximum Gasteiger partial charge on any atom is 0.227 e. The summed E-state index contributed by atoms with van der Waals surface area (Å²) in [5, 5.41) is 0. The fourth-order valence-corrected chi connectivity index (χ4v) is 3.87. The van der Waals surface area contributed by atoms with Gasteiger partial charge in [0.1, 0.15) is 17.0 Å². The van der Waals surface area contributed by atoms with Crippen LogP contribution in [0, 0.1) is 0 Å². The molecule has 166 valence electrons. The molecule has 6 nitrogen and oxygen atoms in total. The third-order valence-corrected chi connectivity index (χ3v) is 5.56. The van der Waals surface area contributed by atoms with Crippen LogP contribution in [0.1, 0.15) is 25.7 Å². The smallest absolute Gasteiger partial charge is 0.227 e. The summed E-state index contributed by atoms with van der Waals surface area (Å²) >= 11 is 0. The fourth-order valence-electron chi connectivity index (χ4n) is 3.87. The van der Waals surface area contributed by atoms with Gasteiger partial charge in [-0.25, -0.2) is 4.98 Å². The normalized spacial score (nSPS) is 14.5. The number of likely N-dealkylation sites (tertiary alicyclic amines) is 1. The van der Waals surface area contributed by atoms with Gasteiger partial charge in [0.25, 0.3) is 0 Å². The number of rotatable bonds is 11. The second kappa shape index (κ2) is 10.6. The van der Waals surface area contributed by atoms with Gasteiger partial charge in [0.05, 0.1) is 13.2 Å². The number of benzene rings is 2. The molecule has 1 fully saturated rings. The van der Waals surface area contributed by atoms with Crippen molar-refractivity contribution in [2.75, 3.05) is 53.5 Å². The lowest BCUT2D eigenvalue weighted by molar-refractivity contribution is 0.263. The highest BCUT2D eigenvalue weighted by Gasteiger charge is 2.12. The van der Waals surface area contributed by atoms with Crippen molar-refractivity contribution in [2.24, 2.45) is 0 Å². The highest BCUT2D eigenvalue weighted by molar-refractivity contribution is 5.77. The molecule has 0 atom stereocenters. The minimum atomic E-state index is 0.611. The molecule has 2 heterocycles. The number of hydrogen-bond donors (Lipinski definition) is 0. The van der Waals surface area contributed by atoms with Gasteiger partial charge in [-0.15, -0.1) is 0 Å². The summed E-state index contributed by atoms with van der Waals surface area (Å²) in [6, 6.07) is 13.8. The van der Waals surface area contributed by atoms with Crippen LogP contribution in [0.3, 0.4) is 0 Å². The molecular formula is C25H33N3O3. The molecule has 3 aromatic rings. The van der Waals surface area contributed by atoms with Crippen molar-refractivity contribution < 1.29 is 13.9 Å². The lowest BCUT2D eigenvalue weighted by atomic mass is 10.2. The van der Waals surface area contributed by atoms with Crippen molar-refractivity contribution in [3.05, 3.63) is 42.5 Å². The van der Waals surface area contributed by atoms with Crippen molar-refractivity contribution >= 4 is 11.1 Å². The van der Waals surface area contributed by atoms with E-state index in [9.17, 15) is 0 Å². The van der Waals surface area contributed by atoms with Gasteiger partial charge in [-0.2, -0.15) is 0 Å². The summed E-state index contributed by atoms with van der Waals surface area (Å²) < 4.78 is 17.7. The molecule has 0 amide bonds. The van der Waals surface area contributed by atoms with Gasteiger partial charge in [-0.3, -0.25) is 0 Å². The van der Waals surface area contributed by atoms with Gasteiger partial charge in [-0.1, -0.05) is 0 Å². The van der Waals surface area contributed by atoms with Crippen LogP contribution in [0.15, 0.2) is 46.9 Å². The first-order chi connectivity index (χ1) is 15.2. The van der Waals surface area contributed by atoms with E-state index in [2.05, 4.69) is 28.9 Å². The summed E-state index contributed by atoms with van der Waals surface area (Å²) in [5.41, 5.74) is 2.52. The SMILES string of the molecule is CN(C)CCCOc1ccc(-c2nc3cc(OCCCN4CCCC4)ccc3o2)cc1. The lowest BCUT2D eigenvalue weighted by Gasteiger charge is -2.14. The molecule has 0 radical (unpaired) electrons. The highest BCUT2D eigenvalue weighted by Crippen LogP contribution is 2.28. The lowest BCUT2D eigenvalue weighted by Crippen LogP contribution is -2.21. The molecule has 0 N–H and O–H groups in total. The summed E-state index contributed by atoms with van der Waals surface area (Å²) in [7, 11) is 4.14. The molecule has 31 heavy (non-hydrogen) atoms. The molecule has 0 unspecified atom stereocenters. The number of nitrogens with zero attached hydrogens (tertiary/aromatic N) is 3. The van der Waals surface area contributed by atoms with Crippen molar-refractivity contribution in [1.82, 2.24) is 14.8 Å². The van der Waals surface area contributed by atoms with Crippen LogP contribution in [0.2, 0.25) is 0 Å². The van der Waals surface area contributed by atoms with E-state index < -0.39 is 0 Å². The molecule has 0 spiro atoms. The van der Waals surface area contributed by atoms with E-state index >= 15 is 0 Å². The van der Waals surface area contributed by atoms with Crippen LogP contribution in [0.5, 0.6) is 11.5 Å². The van der Waals surface area contributed by atoms with Gasteiger partial charge in [0, 0.05) is 24.7 Å². The molecular weight excluding hydrogens is 390 g/mol. The van der Waals surface area contributed by atoms with E-state index in [0.29, 0.717) is 12.5 Å². The third kappa shape index (κ3) is 6.21. The Morgan fingerprint density at radius 3 is 2.42 bits per heavy atom. The van der Waals surface area contributed by atoms with Gasteiger partial charge in [0.2, 0.25) is 5.89 Å². The number of aromatic nitrogens is 1. The first kappa shape index (κ1) is 21.7. The van der Waals surface area contributed by atoms with Gasteiger partial charge in [-0.05, 0) is 89.3 Å². The zero-order chi connectivity index (χ0) is 21.5. The topological polar surface area (TPSA) is 51.0 Å². The molecule has 1 aliphatic heterocycles. The Kier molecular flexibility index (Phi) is 7.43. The van der Waals surface area contributed by atoms with Gasteiger partial charge < -0.3 is 23.7 Å². The van der Waals surface area contributed by atoms with E-state index in [1.54, 1.807) is 0 Å². The number of oxazole rings is 1. The number of hydrogen-bond acceptors (Lipinski definition) is 6. The van der Waals surface area contributed by atoms with E-state index in [1.807, 2.05) is 42.5 Å². The fraction of sp³-hybridized carbons (Fsp3) is 0.480. The van der Waals surface area contributed by atoms with Crippen LogP contribution in [0.25, 0.3) is 22.6 Å². The first-order valence-corrected chi connectivity index (χ1v) is 11.3. The highest BCUT2D eigenvalue weighted by atomic mass is 16.5. The largest absolute Gasteiger partial charge is 0.494 e. The van der Waals surface area contributed by atoms with E-state index in [-0.39, 0.29) is 0 Å². The summed E-state index contributed by atoms with van der Waals surface area (Å²) in [5.74, 6) is 2.32. The molecule has 6 heteroatoms. The molecule has 2 aromatic carbocycles. The van der Waals surface area contributed by atoms with Crippen molar-refractivity contribution in [1.29, 1.82) is 0 Å². The minimum absolute atomic E-state index is 0.611. The zero-order valence-corrected chi connectivity index (χ0v) is 18.7. The molecule has 1 aliphatic rings. The Labute approximate surface area is 184 Å². The van der Waals surface area contributed by atoms with Crippen LogP contribution < -0.4 is 9.47 Å². The van der Waals surface area contributed by atoms with Crippen molar-refractivity contribution in [3.8, 4) is 23.0 Å². The standard InChI is InChI=1S/C25H33N3O3/c1-27(2)13-5-17-29-21-9-7-20(8-10-21)25-26-23-19-22(11-12-24(23)31-25)30-18-6-16-28-14-3-4-15-28/h7-12,19H,3-6,13-18H2,1-2H3. The average Bonchev–Trinajstić information content (AvgIpc) is 3.44. The predicted octanol–water partition coefficient (Wildman–Crippen LogP) is 4.69. The minimum Gasteiger partial charge on any atom is -0.494 e. The first-order valence-electron chi connectivity index (χ1n) is 11.3. The summed E-state index contributed by atoms with van der Waals surface area (Å²) in [6.45, 7) is 6.04. The quantitative estimate of drug-likeness (QED) is 0.417. The van der Waals surface area contributed by atoms with Gasteiger partial charge in [0.15, 0.2) is 5.58 Å². The predicted molar refractivity (Wildman–Crippen MR) is 124 cm³/mol. The average molecular weight is 424 g/mol. The summed E-state index contributed by atoms with van der Waals surface area (Å²) in [6.07, 6.45) is 4.71. The van der Waals surface area contributed by atoms with Crippen LogP contribution in [-0.4, -0.2) is 68.3 Å². The third-order valence-electron chi connectivity index (χ3n) is 5.56. The molecule has 0 bridgehead atoms. The van der Waals surface area contributed by atoms with E-state index in [4.69, 9.17) is 13.9 Å². The Hall–Kier alpha value is -2.57. The van der Waals surface area contributed by atoms with E-state index in [1.165, 1.54) is 25.9 Å². The zero-order valence-electron chi connectivity index (χ0n) is 18.7. The van der Waals surface area contributed by atoms with Gasteiger partial charge >= 0.3 is 0 Å². The van der Waals surface area contributed by atoms with Crippen LogP contribution in [0.4, 0.5) is 0 Å². The molecule has 1 saturated heterocycles. The summed E-state index contributed by atoms with van der Waals surface area (Å²) in [4.78, 5) is 9.33. The van der Waals surface area contributed by atoms with E-state index in [0.717, 1.165) is 60.7 Å². The molecule has 4 rings (SSSR count). The Balaban J connectivity index is 1.31. The second-order valence-electron chi connectivity index (χ2n) is 8.43. The van der Waals surface area contributed by atoms with Crippen molar-refractivity contribution in [2.45, 2.75) is 25.7 Å². The maximum absolute atomic E-state index is 5.95. The second-order valence-corrected chi connectivity index (χ2v) is 8.43. The number of ether oxygens (including phenoxy) is 2. The van der Waals surface area contributed by atoms with Crippen LogP contribution >= 0.6 is 0 Å². The Morgan fingerprint density at radius 1 is 0.935 bits per heavy atom. The van der Waals surface area contributed by atoms with Crippen molar-refractivity contribution in [3.63, 3.8) is 0 Å². The Bertz CT molecular complexity index is 946. The monoisotopic (exact) mass is 423 g/mol.